The summed E-state index contributed by atoms with van der Waals surface area (Å²) in [5, 5.41) is 3.85. The van der Waals surface area contributed by atoms with Crippen LogP contribution in [0.1, 0.15) is 50.3 Å². The predicted molar refractivity (Wildman–Crippen MR) is 82.5 cm³/mol. The average Bonchev–Trinajstić information content (AvgIpc) is 2.45. The van der Waals surface area contributed by atoms with Crippen molar-refractivity contribution in [1.82, 2.24) is 10.2 Å². The Morgan fingerprint density at radius 2 is 2.00 bits per heavy atom. The van der Waals surface area contributed by atoms with Gasteiger partial charge in [0.2, 0.25) is 0 Å². The lowest BCUT2D eigenvalue weighted by molar-refractivity contribution is 0.215. The normalized spacial score (nSPS) is 22.4. The Hall–Kier alpha value is -0.860. The van der Waals surface area contributed by atoms with Crippen LogP contribution in [0.4, 0.5) is 0 Å². The van der Waals surface area contributed by atoms with Crippen LogP contribution >= 0.6 is 0 Å². The van der Waals surface area contributed by atoms with Crippen LogP contribution in [-0.4, -0.2) is 31.1 Å². The average molecular weight is 260 g/mol. The van der Waals surface area contributed by atoms with Gasteiger partial charge in [-0.15, -0.1) is 0 Å². The molecule has 1 N–H and O–H groups in total. The number of likely N-dealkylation sites (N-methyl/N-ethyl adjacent to an activating group) is 1. The van der Waals surface area contributed by atoms with Crippen LogP contribution in [-0.2, 0) is 6.42 Å². The molecule has 1 heterocycles. The highest BCUT2D eigenvalue weighted by Gasteiger charge is 2.20. The first-order valence-corrected chi connectivity index (χ1v) is 7.76. The number of likely N-dealkylation sites (tertiary alicyclic amines) is 1. The van der Waals surface area contributed by atoms with Crippen molar-refractivity contribution in [3.05, 3.63) is 35.4 Å². The van der Waals surface area contributed by atoms with E-state index in [0.717, 1.165) is 12.8 Å². The standard InChI is InChI=1S/C17H28N2/c1-4-14-8-10-15(11-9-14)17(5-2)18-16-7-6-12-19(3)13-16/h8-11,16-18H,4-7,12-13H2,1-3H3. The number of rotatable bonds is 5. The second kappa shape index (κ2) is 7.06. The first-order chi connectivity index (χ1) is 9.22. The zero-order valence-electron chi connectivity index (χ0n) is 12.7. The number of benzene rings is 1. The van der Waals surface area contributed by atoms with E-state index in [2.05, 4.69) is 55.4 Å². The minimum Gasteiger partial charge on any atom is -0.306 e. The van der Waals surface area contributed by atoms with Gasteiger partial charge in [0.1, 0.15) is 0 Å². The van der Waals surface area contributed by atoms with Gasteiger partial charge >= 0.3 is 0 Å². The molecule has 1 aromatic rings. The molecule has 2 atom stereocenters. The Balaban J connectivity index is 1.98. The van der Waals surface area contributed by atoms with Crippen LogP contribution in [0.2, 0.25) is 0 Å². The van der Waals surface area contributed by atoms with E-state index in [1.165, 1.54) is 37.1 Å². The molecule has 0 aromatic heterocycles. The van der Waals surface area contributed by atoms with Crippen LogP contribution in [0.25, 0.3) is 0 Å². The highest BCUT2D eigenvalue weighted by Crippen LogP contribution is 2.20. The first kappa shape index (κ1) is 14.5. The zero-order valence-corrected chi connectivity index (χ0v) is 12.7. The van der Waals surface area contributed by atoms with Gasteiger partial charge < -0.3 is 10.2 Å². The molecule has 1 saturated heterocycles. The van der Waals surface area contributed by atoms with Crippen molar-refractivity contribution in [3.63, 3.8) is 0 Å². The Labute approximate surface area is 118 Å². The molecule has 2 unspecified atom stereocenters. The van der Waals surface area contributed by atoms with Crippen molar-refractivity contribution < 1.29 is 0 Å². The fraction of sp³-hybridized carbons (Fsp3) is 0.647. The summed E-state index contributed by atoms with van der Waals surface area (Å²) in [7, 11) is 2.23. The minimum atomic E-state index is 0.502. The molecule has 0 spiro atoms. The van der Waals surface area contributed by atoms with Gasteiger partial charge in [0, 0.05) is 18.6 Å². The van der Waals surface area contributed by atoms with Gasteiger partial charge in [-0.3, -0.25) is 0 Å². The Morgan fingerprint density at radius 1 is 1.26 bits per heavy atom. The molecule has 1 aromatic carbocycles. The van der Waals surface area contributed by atoms with Crippen molar-refractivity contribution in [1.29, 1.82) is 0 Å². The summed E-state index contributed by atoms with van der Waals surface area (Å²) in [6.45, 7) is 6.92. The van der Waals surface area contributed by atoms with E-state index in [1.54, 1.807) is 0 Å². The molecule has 2 nitrogen and oxygen atoms in total. The van der Waals surface area contributed by atoms with Gasteiger partial charge in [-0.1, -0.05) is 38.1 Å². The summed E-state index contributed by atoms with van der Waals surface area (Å²) >= 11 is 0. The monoisotopic (exact) mass is 260 g/mol. The third-order valence-corrected chi connectivity index (χ3v) is 4.26. The van der Waals surface area contributed by atoms with Crippen molar-refractivity contribution in [2.75, 3.05) is 20.1 Å². The number of nitrogens with zero attached hydrogens (tertiary/aromatic N) is 1. The maximum atomic E-state index is 3.85. The fourth-order valence-corrected chi connectivity index (χ4v) is 3.02. The molecule has 106 valence electrons. The lowest BCUT2D eigenvalue weighted by atomic mass is 9.99. The number of nitrogens with one attached hydrogen (secondary N) is 1. The lowest BCUT2D eigenvalue weighted by Crippen LogP contribution is -2.45. The molecule has 0 saturated carbocycles. The maximum absolute atomic E-state index is 3.85. The molecule has 0 bridgehead atoms. The summed E-state index contributed by atoms with van der Waals surface area (Å²) in [5.41, 5.74) is 2.86. The van der Waals surface area contributed by atoms with Crippen molar-refractivity contribution >= 4 is 0 Å². The Kier molecular flexibility index (Phi) is 5.41. The predicted octanol–water partition coefficient (Wildman–Crippen LogP) is 3.38. The third-order valence-electron chi connectivity index (χ3n) is 4.26. The summed E-state index contributed by atoms with van der Waals surface area (Å²) in [6, 6.07) is 10.3. The number of hydrogen-bond acceptors (Lipinski definition) is 2. The lowest BCUT2D eigenvalue weighted by Gasteiger charge is -2.33. The molecule has 0 radical (unpaired) electrons. The highest BCUT2D eigenvalue weighted by atomic mass is 15.1. The van der Waals surface area contributed by atoms with Crippen LogP contribution < -0.4 is 5.32 Å². The molecule has 1 fully saturated rings. The number of hydrogen-bond donors (Lipinski definition) is 1. The second-order valence-corrected chi connectivity index (χ2v) is 5.82. The quantitative estimate of drug-likeness (QED) is 0.873. The summed E-state index contributed by atoms with van der Waals surface area (Å²) in [4.78, 5) is 2.44. The van der Waals surface area contributed by atoms with E-state index in [4.69, 9.17) is 0 Å². The minimum absolute atomic E-state index is 0.502. The van der Waals surface area contributed by atoms with Gasteiger partial charge in [0.25, 0.3) is 0 Å². The van der Waals surface area contributed by atoms with Crippen LogP contribution in [0.5, 0.6) is 0 Å². The smallest absolute Gasteiger partial charge is 0.0320 e. The largest absolute Gasteiger partial charge is 0.306 e. The van der Waals surface area contributed by atoms with Gasteiger partial charge in [-0.25, -0.2) is 0 Å². The maximum Gasteiger partial charge on any atom is 0.0320 e. The van der Waals surface area contributed by atoms with Gasteiger partial charge in [0.05, 0.1) is 0 Å². The van der Waals surface area contributed by atoms with Gasteiger partial charge in [-0.05, 0) is 50.4 Å². The Bertz CT molecular complexity index is 371. The van der Waals surface area contributed by atoms with E-state index in [9.17, 15) is 0 Å². The van der Waals surface area contributed by atoms with Gasteiger partial charge in [-0.2, -0.15) is 0 Å². The molecular formula is C17H28N2. The van der Waals surface area contributed by atoms with Crippen molar-refractivity contribution in [3.8, 4) is 0 Å². The van der Waals surface area contributed by atoms with E-state index in [0.29, 0.717) is 12.1 Å². The van der Waals surface area contributed by atoms with Crippen LogP contribution in [0.3, 0.4) is 0 Å². The van der Waals surface area contributed by atoms with E-state index >= 15 is 0 Å². The molecule has 19 heavy (non-hydrogen) atoms. The molecule has 2 heteroatoms. The zero-order chi connectivity index (χ0) is 13.7. The summed E-state index contributed by atoms with van der Waals surface area (Å²) in [5.74, 6) is 0. The summed E-state index contributed by atoms with van der Waals surface area (Å²) in [6.07, 6.45) is 4.91. The molecule has 1 aliphatic rings. The van der Waals surface area contributed by atoms with E-state index < -0.39 is 0 Å². The SMILES string of the molecule is CCc1ccc(C(CC)NC2CCCN(C)C2)cc1. The molecule has 2 rings (SSSR count). The molecule has 0 amide bonds. The fourth-order valence-electron chi connectivity index (χ4n) is 3.02. The van der Waals surface area contributed by atoms with Crippen LogP contribution in [0.15, 0.2) is 24.3 Å². The van der Waals surface area contributed by atoms with E-state index in [-0.39, 0.29) is 0 Å². The van der Waals surface area contributed by atoms with E-state index in [1.807, 2.05) is 0 Å². The molecular weight excluding hydrogens is 232 g/mol. The number of aryl methyl sites for hydroxylation is 1. The third kappa shape index (κ3) is 4.05. The molecule has 0 aliphatic carbocycles. The van der Waals surface area contributed by atoms with Crippen molar-refractivity contribution in [2.24, 2.45) is 0 Å². The van der Waals surface area contributed by atoms with Crippen molar-refractivity contribution in [2.45, 2.75) is 51.6 Å². The topological polar surface area (TPSA) is 15.3 Å². The molecule has 1 aliphatic heterocycles. The first-order valence-electron chi connectivity index (χ1n) is 7.76. The number of piperidine rings is 1. The van der Waals surface area contributed by atoms with Gasteiger partial charge in [0.15, 0.2) is 0 Å². The highest BCUT2D eigenvalue weighted by molar-refractivity contribution is 5.25. The summed E-state index contributed by atoms with van der Waals surface area (Å²) < 4.78 is 0. The second-order valence-electron chi connectivity index (χ2n) is 5.82. The Morgan fingerprint density at radius 3 is 2.58 bits per heavy atom. The van der Waals surface area contributed by atoms with Crippen LogP contribution in [0, 0.1) is 0 Å².